The van der Waals surface area contributed by atoms with E-state index in [4.69, 9.17) is 9.47 Å². The number of hydrogen-bond acceptors (Lipinski definition) is 6. The summed E-state index contributed by atoms with van der Waals surface area (Å²) in [7, 11) is 1.79. The van der Waals surface area contributed by atoms with E-state index in [1.165, 1.54) is 0 Å². The molecule has 1 amide bonds. The molecule has 0 atom stereocenters. The first-order chi connectivity index (χ1) is 14.5. The summed E-state index contributed by atoms with van der Waals surface area (Å²) < 4.78 is 12.3. The van der Waals surface area contributed by atoms with Gasteiger partial charge in [0.2, 0.25) is 0 Å². The van der Waals surface area contributed by atoms with E-state index in [1.54, 1.807) is 48.0 Å². The van der Waals surface area contributed by atoms with Crippen LogP contribution in [0.3, 0.4) is 0 Å². The molecule has 0 bridgehead atoms. The maximum Gasteiger partial charge on any atom is 0.306 e. The smallest absolute Gasteiger partial charge is 0.306 e. The highest BCUT2D eigenvalue weighted by molar-refractivity contribution is 5.94. The molecule has 1 heterocycles. The predicted octanol–water partition coefficient (Wildman–Crippen LogP) is 2.45. The molecule has 0 aliphatic heterocycles. The largest absolute Gasteiger partial charge is 0.492 e. The standard InChI is InChI=1S/C22H23N3O5/c1-3-29-18-11-7-5-9-16(18)23-20(26)14-30-21(27)13-12-19-24-22(28)15-8-4-6-10-17(15)25(19)2/h4-11H,3,12-14H2,1-2H3,(H,23,26). The summed E-state index contributed by atoms with van der Waals surface area (Å²) in [5.74, 6) is 0.00565. The normalized spacial score (nSPS) is 10.6. The van der Waals surface area contributed by atoms with E-state index in [2.05, 4.69) is 10.3 Å². The van der Waals surface area contributed by atoms with Crippen molar-refractivity contribution in [1.29, 1.82) is 0 Å². The molecule has 0 saturated carbocycles. The third-order valence-corrected chi connectivity index (χ3v) is 4.49. The van der Waals surface area contributed by atoms with Crippen LogP contribution < -0.4 is 15.6 Å². The maximum absolute atomic E-state index is 12.2. The van der Waals surface area contributed by atoms with Gasteiger partial charge in [-0.05, 0) is 31.2 Å². The van der Waals surface area contributed by atoms with Crippen molar-refractivity contribution in [2.75, 3.05) is 18.5 Å². The van der Waals surface area contributed by atoms with E-state index in [9.17, 15) is 14.4 Å². The lowest BCUT2D eigenvalue weighted by Crippen LogP contribution is -2.22. The van der Waals surface area contributed by atoms with Crippen molar-refractivity contribution in [3.8, 4) is 5.75 Å². The molecule has 30 heavy (non-hydrogen) atoms. The molecule has 8 nitrogen and oxygen atoms in total. The Morgan fingerprint density at radius 3 is 2.63 bits per heavy atom. The molecule has 0 spiro atoms. The molecule has 2 aromatic carbocycles. The number of nitrogens with zero attached hydrogens (tertiary/aromatic N) is 2. The van der Waals surface area contributed by atoms with Crippen molar-refractivity contribution in [2.24, 2.45) is 7.05 Å². The number of aromatic nitrogens is 2. The number of carbonyl (C=O) groups excluding carboxylic acids is 2. The minimum atomic E-state index is -0.550. The molecule has 0 fully saturated rings. The number of anilines is 1. The highest BCUT2D eigenvalue weighted by Gasteiger charge is 2.13. The van der Waals surface area contributed by atoms with Crippen LogP contribution in [0.4, 0.5) is 5.69 Å². The molecule has 156 valence electrons. The zero-order valence-corrected chi connectivity index (χ0v) is 16.9. The Hall–Kier alpha value is -3.68. The van der Waals surface area contributed by atoms with Gasteiger partial charge in [-0.25, -0.2) is 0 Å². The van der Waals surface area contributed by atoms with E-state index in [1.807, 2.05) is 19.1 Å². The third-order valence-electron chi connectivity index (χ3n) is 4.49. The molecule has 0 aliphatic rings. The van der Waals surface area contributed by atoms with Crippen LogP contribution in [-0.4, -0.2) is 34.6 Å². The van der Waals surface area contributed by atoms with Crippen LogP contribution in [0.15, 0.2) is 53.3 Å². The average Bonchev–Trinajstić information content (AvgIpc) is 2.75. The summed E-state index contributed by atoms with van der Waals surface area (Å²) >= 11 is 0. The maximum atomic E-state index is 12.2. The molecule has 3 rings (SSSR count). The Morgan fingerprint density at radius 2 is 1.83 bits per heavy atom. The Morgan fingerprint density at radius 1 is 1.10 bits per heavy atom. The number of nitrogens with one attached hydrogen (secondary N) is 1. The van der Waals surface area contributed by atoms with Crippen molar-refractivity contribution in [3.05, 3.63) is 64.7 Å². The van der Waals surface area contributed by atoms with Gasteiger partial charge >= 0.3 is 5.97 Å². The SMILES string of the molecule is CCOc1ccccc1NC(=O)COC(=O)CCc1nc(=O)c2ccccc2n1C. The van der Waals surface area contributed by atoms with E-state index < -0.39 is 18.5 Å². The number of para-hydroxylation sites is 3. The van der Waals surface area contributed by atoms with Crippen molar-refractivity contribution in [3.63, 3.8) is 0 Å². The van der Waals surface area contributed by atoms with Crippen LogP contribution in [-0.2, 0) is 27.8 Å². The highest BCUT2D eigenvalue weighted by Crippen LogP contribution is 2.23. The minimum absolute atomic E-state index is 0.00142. The van der Waals surface area contributed by atoms with E-state index in [0.29, 0.717) is 29.3 Å². The van der Waals surface area contributed by atoms with Gasteiger partial charge in [0.05, 0.1) is 29.6 Å². The molecular formula is C22H23N3O5. The van der Waals surface area contributed by atoms with Crippen LogP contribution in [0.2, 0.25) is 0 Å². The Kier molecular flexibility index (Phi) is 6.79. The van der Waals surface area contributed by atoms with Gasteiger partial charge in [0.25, 0.3) is 11.5 Å². The van der Waals surface area contributed by atoms with E-state index >= 15 is 0 Å². The Labute approximate surface area is 173 Å². The molecule has 8 heteroatoms. The average molecular weight is 409 g/mol. The fourth-order valence-electron chi connectivity index (χ4n) is 3.03. The summed E-state index contributed by atoms with van der Waals surface area (Å²) in [6.45, 7) is 1.90. The number of rotatable bonds is 8. The monoisotopic (exact) mass is 409 g/mol. The zero-order valence-electron chi connectivity index (χ0n) is 16.9. The molecule has 0 radical (unpaired) electrons. The van der Waals surface area contributed by atoms with Gasteiger partial charge in [0, 0.05) is 13.5 Å². The minimum Gasteiger partial charge on any atom is -0.492 e. The van der Waals surface area contributed by atoms with Gasteiger partial charge in [-0.3, -0.25) is 14.4 Å². The van der Waals surface area contributed by atoms with Crippen molar-refractivity contribution < 1.29 is 19.1 Å². The van der Waals surface area contributed by atoms with Crippen LogP contribution >= 0.6 is 0 Å². The molecule has 0 saturated heterocycles. The first-order valence-electron chi connectivity index (χ1n) is 9.61. The lowest BCUT2D eigenvalue weighted by molar-refractivity contribution is -0.147. The molecule has 0 aliphatic carbocycles. The van der Waals surface area contributed by atoms with Gasteiger partial charge in [-0.1, -0.05) is 24.3 Å². The molecule has 1 N–H and O–H groups in total. The number of fused-ring (bicyclic) bond motifs is 1. The summed E-state index contributed by atoms with van der Waals surface area (Å²) in [6, 6.07) is 14.2. The number of hydrogen-bond donors (Lipinski definition) is 1. The van der Waals surface area contributed by atoms with Gasteiger partial charge in [0.15, 0.2) is 6.61 Å². The highest BCUT2D eigenvalue weighted by atomic mass is 16.5. The molecule has 3 aromatic rings. The van der Waals surface area contributed by atoms with Crippen LogP contribution in [0, 0.1) is 0 Å². The van der Waals surface area contributed by atoms with Crippen molar-refractivity contribution in [2.45, 2.75) is 19.8 Å². The summed E-state index contributed by atoms with van der Waals surface area (Å²) in [5, 5.41) is 3.19. The third kappa shape index (κ3) is 5.02. The quantitative estimate of drug-likeness (QED) is 0.574. The lowest BCUT2D eigenvalue weighted by Gasteiger charge is -2.12. The summed E-state index contributed by atoms with van der Waals surface area (Å²) in [5.41, 5.74) is 0.920. The van der Waals surface area contributed by atoms with E-state index in [-0.39, 0.29) is 18.4 Å². The number of ether oxygens (including phenoxy) is 2. The number of aryl methyl sites for hydroxylation is 2. The Balaban J connectivity index is 1.54. The van der Waals surface area contributed by atoms with Crippen LogP contribution in [0.1, 0.15) is 19.2 Å². The molecule has 1 aromatic heterocycles. The van der Waals surface area contributed by atoms with Crippen LogP contribution in [0.25, 0.3) is 10.9 Å². The van der Waals surface area contributed by atoms with Gasteiger partial charge < -0.3 is 19.4 Å². The topological polar surface area (TPSA) is 99.5 Å². The lowest BCUT2D eigenvalue weighted by atomic mass is 10.2. The van der Waals surface area contributed by atoms with Crippen LogP contribution in [0.5, 0.6) is 5.75 Å². The second kappa shape index (κ2) is 9.69. The fourth-order valence-corrected chi connectivity index (χ4v) is 3.03. The first kappa shape index (κ1) is 21.0. The predicted molar refractivity (Wildman–Crippen MR) is 113 cm³/mol. The van der Waals surface area contributed by atoms with Gasteiger partial charge in [-0.2, -0.15) is 4.98 Å². The first-order valence-corrected chi connectivity index (χ1v) is 9.61. The summed E-state index contributed by atoms with van der Waals surface area (Å²) in [4.78, 5) is 40.4. The number of amides is 1. The second-order valence-corrected chi connectivity index (χ2v) is 6.55. The number of benzene rings is 2. The molecular weight excluding hydrogens is 386 g/mol. The number of carbonyl (C=O) groups is 2. The molecule has 0 unspecified atom stereocenters. The van der Waals surface area contributed by atoms with Crippen molar-refractivity contribution >= 4 is 28.5 Å². The second-order valence-electron chi connectivity index (χ2n) is 6.55. The summed E-state index contributed by atoms with van der Waals surface area (Å²) in [6.07, 6.45) is 0.228. The van der Waals surface area contributed by atoms with Gasteiger partial charge in [-0.15, -0.1) is 0 Å². The fraction of sp³-hybridized carbons (Fsp3) is 0.273. The number of esters is 1. The van der Waals surface area contributed by atoms with E-state index in [0.717, 1.165) is 5.52 Å². The Bertz CT molecular complexity index is 1120. The van der Waals surface area contributed by atoms with Crippen molar-refractivity contribution in [1.82, 2.24) is 9.55 Å². The zero-order chi connectivity index (χ0) is 21.5. The van der Waals surface area contributed by atoms with Gasteiger partial charge in [0.1, 0.15) is 11.6 Å².